The van der Waals surface area contributed by atoms with Gasteiger partial charge in [0, 0.05) is 23.4 Å². The molecule has 8 heteroatoms. The van der Waals surface area contributed by atoms with Crippen molar-refractivity contribution < 1.29 is 9.59 Å². The van der Waals surface area contributed by atoms with Gasteiger partial charge >= 0.3 is 0 Å². The Bertz CT molecular complexity index is 805. The van der Waals surface area contributed by atoms with Gasteiger partial charge in [-0.05, 0) is 40.9 Å². The molecule has 1 saturated carbocycles. The largest absolute Gasteiger partial charge is 0.310 e. The third-order valence-electron chi connectivity index (χ3n) is 4.24. The number of halogens is 1. The number of anilines is 2. The third-order valence-corrected chi connectivity index (χ3v) is 5.91. The van der Waals surface area contributed by atoms with E-state index in [1.54, 1.807) is 4.90 Å². The van der Waals surface area contributed by atoms with Gasteiger partial charge in [-0.1, -0.05) is 23.5 Å². The van der Waals surface area contributed by atoms with Crippen molar-refractivity contribution in [3.05, 3.63) is 33.7 Å². The molecule has 124 valence electrons. The zero-order valence-electron chi connectivity index (χ0n) is 12.7. The predicted molar refractivity (Wildman–Crippen MR) is 95.1 cm³/mol. The van der Waals surface area contributed by atoms with E-state index >= 15 is 0 Å². The first-order chi connectivity index (χ1) is 11.6. The first kappa shape index (κ1) is 15.7. The topological polar surface area (TPSA) is 75.2 Å². The highest BCUT2D eigenvalue weighted by molar-refractivity contribution is 9.10. The second-order valence-corrected chi connectivity index (χ2v) is 7.93. The molecular formula is C16H15BrN4O2S. The molecule has 0 spiro atoms. The number of aromatic nitrogens is 2. The Hall–Kier alpha value is -1.80. The number of rotatable bonds is 4. The third kappa shape index (κ3) is 3.08. The number of benzene rings is 1. The maximum absolute atomic E-state index is 12.5. The van der Waals surface area contributed by atoms with E-state index in [0.29, 0.717) is 17.6 Å². The fourth-order valence-electron chi connectivity index (χ4n) is 2.77. The molecule has 2 aromatic rings. The molecule has 6 nitrogen and oxygen atoms in total. The Morgan fingerprint density at radius 2 is 2.08 bits per heavy atom. The first-order valence-corrected chi connectivity index (χ1v) is 9.42. The summed E-state index contributed by atoms with van der Waals surface area (Å²) in [4.78, 5) is 26.4. The fourth-order valence-corrected chi connectivity index (χ4v) is 4.19. The van der Waals surface area contributed by atoms with Gasteiger partial charge in [-0.15, -0.1) is 10.2 Å². The number of nitrogens with zero attached hydrogens (tertiary/aromatic N) is 3. The van der Waals surface area contributed by atoms with Crippen LogP contribution in [-0.4, -0.2) is 28.6 Å². The Morgan fingerprint density at radius 3 is 2.83 bits per heavy atom. The quantitative estimate of drug-likeness (QED) is 0.845. The monoisotopic (exact) mass is 406 g/mol. The predicted octanol–water partition coefficient (Wildman–Crippen LogP) is 3.17. The number of carbonyl (C=O) groups is 2. The molecule has 2 heterocycles. The van der Waals surface area contributed by atoms with E-state index in [9.17, 15) is 9.59 Å². The molecule has 1 saturated heterocycles. The smallest absolute Gasteiger partial charge is 0.231 e. The summed E-state index contributed by atoms with van der Waals surface area (Å²) in [5, 5.41) is 12.5. The van der Waals surface area contributed by atoms with Crippen LogP contribution in [0.3, 0.4) is 0 Å². The summed E-state index contributed by atoms with van der Waals surface area (Å²) in [5.74, 6) is -0.0700. The van der Waals surface area contributed by atoms with Crippen LogP contribution in [0.4, 0.5) is 10.8 Å². The van der Waals surface area contributed by atoms with E-state index in [1.165, 1.54) is 11.3 Å². The van der Waals surface area contributed by atoms with Crippen LogP contribution in [0.1, 0.15) is 30.2 Å². The summed E-state index contributed by atoms with van der Waals surface area (Å²) < 4.78 is 0.845. The van der Waals surface area contributed by atoms with Gasteiger partial charge in [0.1, 0.15) is 5.01 Å². The van der Waals surface area contributed by atoms with Crippen molar-refractivity contribution in [2.75, 3.05) is 16.8 Å². The van der Waals surface area contributed by atoms with Gasteiger partial charge < -0.3 is 10.2 Å². The Morgan fingerprint density at radius 1 is 1.29 bits per heavy atom. The van der Waals surface area contributed by atoms with Crippen LogP contribution < -0.4 is 10.2 Å². The van der Waals surface area contributed by atoms with E-state index in [2.05, 4.69) is 31.4 Å². The van der Waals surface area contributed by atoms with Crippen LogP contribution >= 0.6 is 27.3 Å². The fraction of sp³-hybridized carbons (Fsp3) is 0.375. The van der Waals surface area contributed by atoms with E-state index < -0.39 is 0 Å². The minimum absolute atomic E-state index is 0.0435. The van der Waals surface area contributed by atoms with Gasteiger partial charge in [-0.3, -0.25) is 9.59 Å². The molecule has 1 aromatic carbocycles. The average molecular weight is 407 g/mol. The van der Waals surface area contributed by atoms with Crippen LogP contribution in [0.2, 0.25) is 0 Å². The molecule has 0 unspecified atom stereocenters. The average Bonchev–Trinajstić information content (AvgIpc) is 3.19. The molecule has 1 N–H and O–H groups in total. The highest BCUT2D eigenvalue weighted by Gasteiger charge is 2.36. The molecular weight excluding hydrogens is 392 g/mol. The molecule has 2 fully saturated rings. The normalized spacial score (nSPS) is 20.5. The summed E-state index contributed by atoms with van der Waals surface area (Å²) in [5.41, 5.74) is 0.796. The lowest BCUT2D eigenvalue weighted by Gasteiger charge is -2.18. The molecule has 24 heavy (non-hydrogen) atoms. The van der Waals surface area contributed by atoms with Gasteiger partial charge in [0.05, 0.1) is 11.6 Å². The molecule has 0 radical (unpaired) electrons. The van der Waals surface area contributed by atoms with Crippen molar-refractivity contribution in [1.82, 2.24) is 10.2 Å². The van der Waals surface area contributed by atoms with Gasteiger partial charge in [0.25, 0.3) is 0 Å². The van der Waals surface area contributed by atoms with Crippen LogP contribution in [-0.2, 0) is 9.59 Å². The maximum Gasteiger partial charge on any atom is 0.231 e. The van der Waals surface area contributed by atoms with Gasteiger partial charge in [-0.2, -0.15) is 0 Å². The van der Waals surface area contributed by atoms with Crippen molar-refractivity contribution in [3.63, 3.8) is 0 Å². The number of hydrogen-bond acceptors (Lipinski definition) is 5. The van der Waals surface area contributed by atoms with E-state index in [1.807, 2.05) is 24.3 Å². The molecule has 1 aliphatic heterocycles. The van der Waals surface area contributed by atoms with Crippen molar-refractivity contribution >= 4 is 49.9 Å². The number of amides is 2. The minimum atomic E-state index is -0.377. The van der Waals surface area contributed by atoms with Crippen molar-refractivity contribution in [2.45, 2.75) is 25.2 Å². The summed E-state index contributed by atoms with van der Waals surface area (Å²) >= 11 is 4.89. The van der Waals surface area contributed by atoms with E-state index in [4.69, 9.17) is 0 Å². The minimum Gasteiger partial charge on any atom is -0.310 e. The van der Waals surface area contributed by atoms with E-state index in [-0.39, 0.29) is 24.2 Å². The van der Waals surface area contributed by atoms with Crippen LogP contribution in [0.5, 0.6) is 0 Å². The molecule has 0 bridgehead atoms. The summed E-state index contributed by atoms with van der Waals surface area (Å²) in [6.07, 6.45) is 2.52. The Balaban J connectivity index is 1.44. The zero-order valence-corrected chi connectivity index (χ0v) is 15.1. The molecule has 2 aliphatic rings. The molecule has 1 atom stereocenters. The van der Waals surface area contributed by atoms with Crippen molar-refractivity contribution in [3.8, 4) is 0 Å². The Labute approximate surface area is 151 Å². The first-order valence-electron chi connectivity index (χ1n) is 7.81. The van der Waals surface area contributed by atoms with Crippen LogP contribution in [0.25, 0.3) is 0 Å². The summed E-state index contributed by atoms with van der Waals surface area (Å²) in [7, 11) is 0. The number of para-hydroxylation sites is 1. The second kappa shape index (κ2) is 6.25. The van der Waals surface area contributed by atoms with Crippen molar-refractivity contribution in [1.29, 1.82) is 0 Å². The standard InChI is InChI=1S/C16H15BrN4O2S/c17-11-3-1-2-4-12(11)21-8-10(7-13(21)22)14(23)18-16-20-19-15(24-16)9-5-6-9/h1-4,9-10H,5-8H2,(H,18,20,23)/t10-/m0/s1. The highest BCUT2D eigenvalue weighted by Crippen LogP contribution is 2.42. The molecule has 1 aromatic heterocycles. The highest BCUT2D eigenvalue weighted by atomic mass is 79.9. The van der Waals surface area contributed by atoms with E-state index in [0.717, 1.165) is 28.0 Å². The van der Waals surface area contributed by atoms with Gasteiger partial charge in [-0.25, -0.2) is 0 Å². The Kier molecular flexibility index (Phi) is 4.09. The van der Waals surface area contributed by atoms with Crippen LogP contribution in [0.15, 0.2) is 28.7 Å². The van der Waals surface area contributed by atoms with Gasteiger partial charge in [0.2, 0.25) is 16.9 Å². The lowest BCUT2D eigenvalue weighted by atomic mass is 10.1. The van der Waals surface area contributed by atoms with Crippen LogP contribution in [0, 0.1) is 5.92 Å². The number of hydrogen-bond donors (Lipinski definition) is 1. The molecule has 1 aliphatic carbocycles. The lowest BCUT2D eigenvalue weighted by Crippen LogP contribution is -2.28. The molecule has 2 amide bonds. The zero-order chi connectivity index (χ0) is 16.7. The second-order valence-electron chi connectivity index (χ2n) is 6.07. The van der Waals surface area contributed by atoms with Gasteiger partial charge in [0.15, 0.2) is 0 Å². The lowest BCUT2D eigenvalue weighted by molar-refractivity contribution is -0.122. The van der Waals surface area contributed by atoms with Crippen molar-refractivity contribution in [2.24, 2.45) is 5.92 Å². The molecule has 4 rings (SSSR count). The summed E-state index contributed by atoms with van der Waals surface area (Å²) in [6.45, 7) is 0.377. The SMILES string of the molecule is O=C(Nc1nnc(C2CC2)s1)[C@H]1CC(=O)N(c2ccccc2Br)C1. The number of carbonyl (C=O) groups excluding carboxylic acids is 2. The maximum atomic E-state index is 12.5. The summed E-state index contributed by atoms with van der Waals surface area (Å²) in [6, 6.07) is 7.53. The number of nitrogens with one attached hydrogen (secondary N) is 1.